The van der Waals surface area contributed by atoms with Crippen molar-refractivity contribution in [3.05, 3.63) is 41.7 Å². The van der Waals surface area contributed by atoms with Gasteiger partial charge in [-0.05, 0) is 12.5 Å². The van der Waals surface area contributed by atoms with E-state index < -0.39 is 0 Å². The first kappa shape index (κ1) is 14.6. The van der Waals surface area contributed by atoms with E-state index in [4.69, 9.17) is 5.11 Å². The monoisotopic (exact) mass is 301 g/mol. The molecule has 0 aliphatic carbocycles. The number of aromatic nitrogens is 4. The predicted octanol–water partition coefficient (Wildman–Crippen LogP) is 0.375. The Morgan fingerprint density at radius 2 is 2.32 bits per heavy atom. The zero-order valence-corrected chi connectivity index (χ0v) is 12.5. The first-order chi connectivity index (χ1) is 10.7. The van der Waals surface area contributed by atoms with E-state index in [1.165, 1.54) is 12.4 Å². The third kappa shape index (κ3) is 2.85. The van der Waals surface area contributed by atoms with E-state index in [0.717, 1.165) is 17.8 Å². The van der Waals surface area contributed by atoms with Gasteiger partial charge in [0, 0.05) is 57.2 Å². The van der Waals surface area contributed by atoms with Crippen molar-refractivity contribution in [2.24, 2.45) is 7.05 Å². The smallest absolute Gasteiger partial charge is 0.274 e. The lowest BCUT2D eigenvalue weighted by Crippen LogP contribution is -2.29. The van der Waals surface area contributed by atoms with E-state index in [-0.39, 0.29) is 18.4 Å². The van der Waals surface area contributed by atoms with Gasteiger partial charge in [-0.2, -0.15) is 5.10 Å². The summed E-state index contributed by atoms with van der Waals surface area (Å²) in [4.78, 5) is 22.2. The van der Waals surface area contributed by atoms with Crippen LogP contribution >= 0.6 is 0 Å². The van der Waals surface area contributed by atoms with Crippen LogP contribution in [0.15, 0.2) is 24.7 Å². The van der Waals surface area contributed by atoms with Crippen molar-refractivity contribution in [1.82, 2.24) is 24.6 Å². The Hall–Kier alpha value is -2.28. The van der Waals surface area contributed by atoms with E-state index in [1.54, 1.807) is 15.8 Å². The van der Waals surface area contributed by atoms with E-state index >= 15 is 0 Å². The third-order valence-electron chi connectivity index (χ3n) is 4.04. The molecule has 22 heavy (non-hydrogen) atoms. The van der Waals surface area contributed by atoms with E-state index in [9.17, 15) is 4.79 Å². The summed E-state index contributed by atoms with van der Waals surface area (Å²) in [6.45, 7) is 1.46. The number of aryl methyl sites for hydroxylation is 1. The molecule has 2 aromatic heterocycles. The Morgan fingerprint density at radius 1 is 1.45 bits per heavy atom. The Bertz CT molecular complexity index is 655. The van der Waals surface area contributed by atoms with Crippen LogP contribution in [0.2, 0.25) is 0 Å². The highest BCUT2D eigenvalue weighted by molar-refractivity contribution is 5.92. The number of carbonyl (C=O) groups is 1. The van der Waals surface area contributed by atoms with E-state index in [1.807, 2.05) is 13.1 Å². The first-order valence-electron chi connectivity index (χ1n) is 7.38. The fourth-order valence-electron chi connectivity index (χ4n) is 2.84. The molecule has 0 spiro atoms. The summed E-state index contributed by atoms with van der Waals surface area (Å²) in [5.74, 6) is 0.154. The Balaban J connectivity index is 1.70. The van der Waals surface area contributed by atoms with E-state index in [0.29, 0.717) is 25.2 Å². The highest BCUT2D eigenvalue weighted by atomic mass is 16.3. The number of carbonyl (C=O) groups excluding carboxylic acids is 1. The van der Waals surface area contributed by atoms with Crippen molar-refractivity contribution in [3.8, 4) is 0 Å². The molecule has 0 bridgehead atoms. The van der Waals surface area contributed by atoms with Crippen LogP contribution in [0.25, 0.3) is 0 Å². The zero-order chi connectivity index (χ0) is 15.5. The summed E-state index contributed by atoms with van der Waals surface area (Å²) in [5.41, 5.74) is 2.38. The number of likely N-dealkylation sites (tertiary alicyclic amines) is 1. The second-order valence-corrected chi connectivity index (χ2v) is 5.49. The lowest BCUT2D eigenvalue weighted by Gasteiger charge is -2.15. The maximum Gasteiger partial charge on any atom is 0.274 e. The second kappa shape index (κ2) is 6.23. The summed E-state index contributed by atoms with van der Waals surface area (Å²) in [7, 11) is 1.88. The second-order valence-electron chi connectivity index (χ2n) is 5.49. The molecule has 1 atom stereocenters. The van der Waals surface area contributed by atoms with Crippen LogP contribution in [0.4, 0.5) is 0 Å². The maximum absolute atomic E-state index is 12.4. The number of rotatable bonds is 4. The lowest BCUT2D eigenvalue weighted by molar-refractivity contribution is 0.0784. The zero-order valence-electron chi connectivity index (χ0n) is 12.5. The molecule has 0 radical (unpaired) electrons. The van der Waals surface area contributed by atoms with Crippen LogP contribution in [-0.2, 0) is 13.5 Å². The summed E-state index contributed by atoms with van der Waals surface area (Å²) < 4.78 is 1.80. The van der Waals surface area contributed by atoms with Crippen molar-refractivity contribution in [3.63, 3.8) is 0 Å². The molecule has 1 N–H and O–H groups in total. The molecule has 0 aromatic carbocycles. The van der Waals surface area contributed by atoms with Gasteiger partial charge in [-0.15, -0.1) is 0 Å². The normalized spacial score (nSPS) is 17.9. The summed E-state index contributed by atoms with van der Waals surface area (Å²) in [5, 5.41) is 13.6. The molecule has 0 saturated carbocycles. The van der Waals surface area contributed by atoms with Crippen molar-refractivity contribution in [2.75, 3.05) is 19.7 Å². The Kier molecular flexibility index (Phi) is 4.15. The van der Waals surface area contributed by atoms with Gasteiger partial charge in [0.2, 0.25) is 0 Å². The highest BCUT2D eigenvalue weighted by Crippen LogP contribution is 2.27. The summed E-state index contributed by atoms with van der Waals surface area (Å²) in [6.07, 6.45) is 6.07. The van der Waals surface area contributed by atoms with Gasteiger partial charge in [-0.3, -0.25) is 14.5 Å². The van der Waals surface area contributed by atoms with Gasteiger partial charge in [0.25, 0.3) is 5.91 Å². The van der Waals surface area contributed by atoms with Crippen molar-refractivity contribution in [1.29, 1.82) is 0 Å². The molecule has 1 aliphatic rings. The average molecular weight is 301 g/mol. The minimum atomic E-state index is -0.0814. The van der Waals surface area contributed by atoms with Gasteiger partial charge in [-0.25, -0.2) is 4.98 Å². The molecule has 2 aromatic rings. The van der Waals surface area contributed by atoms with Crippen LogP contribution in [0.3, 0.4) is 0 Å². The summed E-state index contributed by atoms with van der Waals surface area (Å²) in [6, 6.07) is 2.02. The van der Waals surface area contributed by atoms with Gasteiger partial charge < -0.3 is 10.0 Å². The quantitative estimate of drug-likeness (QED) is 0.882. The minimum Gasteiger partial charge on any atom is -0.396 e. The fourth-order valence-corrected chi connectivity index (χ4v) is 2.84. The standard InChI is InChI=1S/C15H19N5O2/c1-19-12(3-7-21)8-13(18-19)11-2-6-20(10-11)15(22)14-9-16-4-5-17-14/h4-5,8-9,11,21H,2-3,6-7,10H2,1H3. The van der Waals surface area contributed by atoms with Crippen LogP contribution < -0.4 is 0 Å². The largest absolute Gasteiger partial charge is 0.396 e. The Labute approximate surface area is 128 Å². The SMILES string of the molecule is Cn1nc(C2CCN(C(=O)c3cnccn3)C2)cc1CCO. The Morgan fingerprint density at radius 3 is 3.05 bits per heavy atom. The van der Waals surface area contributed by atoms with Gasteiger partial charge >= 0.3 is 0 Å². The van der Waals surface area contributed by atoms with Gasteiger partial charge in [0.05, 0.1) is 11.9 Å². The third-order valence-corrected chi connectivity index (χ3v) is 4.04. The molecule has 1 aliphatic heterocycles. The number of amides is 1. The van der Waals surface area contributed by atoms with Crippen molar-refractivity contribution >= 4 is 5.91 Å². The number of hydrogen-bond acceptors (Lipinski definition) is 5. The fraction of sp³-hybridized carbons (Fsp3) is 0.467. The molecule has 1 unspecified atom stereocenters. The van der Waals surface area contributed by atoms with Crippen molar-refractivity contribution < 1.29 is 9.90 Å². The van der Waals surface area contributed by atoms with Crippen molar-refractivity contribution in [2.45, 2.75) is 18.8 Å². The predicted molar refractivity (Wildman–Crippen MR) is 79.3 cm³/mol. The van der Waals surface area contributed by atoms with Gasteiger partial charge in [0.15, 0.2) is 0 Å². The van der Waals surface area contributed by atoms with Crippen LogP contribution in [0.1, 0.15) is 34.2 Å². The van der Waals surface area contributed by atoms with Crippen LogP contribution in [-0.4, -0.2) is 55.4 Å². The molecule has 1 fully saturated rings. The maximum atomic E-state index is 12.4. The molecular formula is C15H19N5O2. The molecule has 1 amide bonds. The van der Waals surface area contributed by atoms with E-state index in [2.05, 4.69) is 15.1 Å². The van der Waals surface area contributed by atoms with Gasteiger partial charge in [0.1, 0.15) is 5.69 Å². The first-order valence-corrected chi connectivity index (χ1v) is 7.38. The van der Waals surface area contributed by atoms with Crippen LogP contribution in [0.5, 0.6) is 0 Å². The minimum absolute atomic E-state index is 0.0814. The van der Waals surface area contributed by atoms with Gasteiger partial charge in [-0.1, -0.05) is 0 Å². The lowest BCUT2D eigenvalue weighted by atomic mass is 10.0. The molecular weight excluding hydrogens is 282 g/mol. The number of aliphatic hydroxyl groups excluding tert-OH is 1. The van der Waals surface area contributed by atoms with Crippen LogP contribution in [0, 0.1) is 0 Å². The molecule has 7 heteroatoms. The molecule has 7 nitrogen and oxygen atoms in total. The number of nitrogens with zero attached hydrogens (tertiary/aromatic N) is 5. The highest BCUT2D eigenvalue weighted by Gasteiger charge is 2.30. The average Bonchev–Trinajstić information content (AvgIpc) is 3.15. The number of aliphatic hydroxyl groups is 1. The summed E-state index contributed by atoms with van der Waals surface area (Å²) >= 11 is 0. The molecule has 3 rings (SSSR count). The topological polar surface area (TPSA) is 84.1 Å². The number of hydrogen-bond donors (Lipinski definition) is 1. The molecule has 1 saturated heterocycles. The molecule has 116 valence electrons. The molecule has 3 heterocycles.